The summed E-state index contributed by atoms with van der Waals surface area (Å²) >= 11 is 0. The quantitative estimate of drug-likeness (QED) is 0.357. The minimum Gasteiger partial charge on any atom is -0.485 e. The highest BCUT2D eigenvalue weighted by molar-refractivity contribution is 5.88. The van der Waals surface area contributed by atoms with E-state index in [0.717, 1.165) is 34.3 Å². The van der Waals surface area contributed by atoms with Gasteiger partial charge in [0.25, 0.3) is 0 Å². The predicted molar refractivity (Wildman–Crippen MR) is 128 cm³/mol. The molecule has 1 spiro atoms. The van der Waals surface area contributed by atoms with Crippen molar-refractivity contribution in [3.63, 3.8) is 0 Å². The molecule has 0 unspecified atom stereocenters. The Labute approximate surface area is 192 Å². The number of benzene rings is 3. The average molecular weight is 433 g/mol. The Hall–Kier alpha value is -3.73. The van der Waals surface area contributed by atoms with Crippen molar-refractivity contribution in [1.82, 2.24) is 19.6 Å². The van der Waals surface area contributed by atoms with Gasteiger partial charge < -0.3 is 4.74 Å². The molecule has 0 N–H and O–H groups in total. The summed E-state index contributed by atoms with van der Waals surface area (Å²) in [6.07, 6.45) is 7.76. The van der Waals surface area contributed by atoms with E-state index in [1.54, 1.807) is 0 Å². The van der Waals surface area contributed by atoms with Crippen LogP contribution in [-0.4, -0.2) is 19.6 Å². The van der Waals surface area contributed by atoms with E-state index in [4.69, 9.17) is 19.8 Å². The third kappa shape index (κ3) is 2.88. The van der Waals surface area contributed by atoms with E-state index in [1.807, 2.05) is 35.1 Å². The first-order valence-electron chi connectivity index (χ1n) is 11.7. The highest BCUT2D eigenvalue weighted by atomic mass is 16.5. The van der Waals surface area contributed by atoms with Gasteiger partial charge in [-0.25, -0.2) is 14.5 Å². The van der Waals surface area contributed by atoms with Gasteiger partial charge in [-0.15, -0.1) is 5.10 Å². The van der Waals surface area contributed by atoms with Gasteiger partial charge in [-0.3, -0.25) is 0 Å². The molecule has 5 aromatic rings. The minimum absolute atomic E-state index is 0.111. The van der Waals surface area contributed by atoms with Gasteiger partial charge in [0.1, 0.15) is 18.7 Å². The fourth-order valence-corrected chi connectivity index (χ4v) is 5.96. The number of hydrogen-bond donors (Lipinski definition) is 0. The molecule has 162 valence electrons. The number of rotatable bonds is 3. The van der Waals surface area contributed by atoms with E-state index in [-0.39, 0.29) is 5.41 Å². The molecule has 0 amide bonds. The maximum absolute atomic E-state index is 6.19. The number of ether oxygens (including phenoxy) is 1. The largest absolute Gasteiger partial charge is 0.485 e. The lowest BCUT2D eigenvalue weighted by Crippen LogP contribution is -2.31. The third-order valence-corrected chi connectivity index (χ3v) is 7.43. The van der Waals surface area contributed by atoms with E-state index in [9.17, 15) is 0 Å². The topological polar surface area (TPSA) is 52.3 Å². The summed E-state index contributed by atoms with van der Waals surface area (Å²) in [6, 6.07) is 23.1. The Balaban J connectivity index is 1.31. The predicted octanol–water partition coefficient (Wildman–Crippen LogP) is 5.89. The summed E-state index contributed by atoms with van der Waals surface area (Å²) in [7, 11) is 0. The van der Waals surface area contributed by atoms with Crippen molar-refractivity contribution in [2.45, 2.75) is 44.1 Å². The van der Waals surface area contributed by atoms with E-state index >= 15 is 0 Å². The van der Waals surface area contributed by atoms with Crippen LogP contribution in [0.5, 0.6) is 5.75 Å². The Bertz CT molecular complexity index is 1510. The molecule has 7 rings (SSSR count). The summed E-state index contributed by atoms with van der Waals surface area (Å²) in [5.74, 6) is 1.54. The van der Waals surface area contributed by atoms with Crippen LogP contribution in [0.25, 0.3) is 27.7 Å². The highest BCUT2D eigenvalue weighted by Crippen LogP contribution is 2.51. The van der Waals surface area contributed by atoms with Crippen molar-refractivity contribution in [3.05, 3.63) is 90.0 Å². The lowest BCUT2D eigenvalue weighted by molar-refractivity contribution is 0.299. The van der Waals surface area contributed by atoms with Crippen LogP contribution in [0.1, 0.15) is 42.6 Å². The third-order valence-electron chi connectivity index (χ3n) is 7.43. The van der Waals surface area contributed by atoms with Crippen molar-refractivity contribution in [3.8, 4) is 17.0 Å². The molecule has 33 heavy (non-hydrogen) atoms. The first-order valence-corrected chi connectivity index (χ1v) is 11.7. The molecule has 2 aliphatic carbocycles. The van der Waals surface area contributed by atoms with Crippen LogP contribution in [-0.2, 0) is 18.4 Å². The zero-order valence-electron chi connectivity index (χ0n) is 18.4. The van der Waals surface area contributed by atoms with Crippen molar-refractivity contribution in [2.75, 3.05) is 0 Å². The van der Waals surface area contributed by atoms with Gasteiger partial charge in [0.2, 0.25) is 0 Å². The molecule has 5 nitrogen and oxygen atoms in total. The molecular weight excluding hydrogens is 408 g/mol. The molecule has 0 radical (unpaired) electrons. The fraction of sp³-hybridized carbons (Fsp3) is 0.250. The van der Waals surface area contributed by atoms with Gasteiger partial charge in [0, 0.05) is 21.9 Å². The molecule has 3 aromatic carbocycles. The van der Waals surface area contributed by atoms with Crippen molar-refractivity contribution >= 4 is 16.4 Å². The summed E-state index contributed by atoms with van der Waals surface area (Å²) in [4.78, 5) is 9.90. The van der Waals surface area contributed by atoms with Gasteiger partial charge in [0.15, 0.2) is 11.5 Å². The van der Waals surface area contributed by atoms with Crippen LogP contribution in [0.4, 0.5) is 0 Å². The van der Waals surface area contributed by atoms with Gasteiger partial charge in [-0.1, -0.05) is 73.5 Å². The lowest BCUT2D eigenvalue weighted by atomic mass is 9.68. The van der Waals surface area contributed by atoms with Gasteiger partial charge >= 0.3 is 0 Å². The smallest absolute Gasteiger partial charge is 0.189 e. The Morgan fingerprint density at radius 2 is 1.73 bits per heavy atom. The number of hydrogen-bond acceptors (Lipinski definition) is 4. The number of fused-ring (bicyclic) bond motifs is 7. The summed E-state index contributed by atoms with van der Waals surface area (Å²) in [5.41, 5.74) is 6.06. The number of aromatic nitrogens is 4. The van der Waals surface area contributed by atoms with Gasteiger partial charge in [-0.05, 0) is 36.3 Å². The standard InChI is InChI=1S/C28H24N4O/c1-3-11-21-19(8-1)10-7-13-23(21)33-17-24-30-27-25-26(29-18-32(27)31-24)22-12-4-2-9-20(22)16-28(25)14-5-6-15-28/h1-4,7-13,18H,5-6,14-17H2. The summed E-state index contributed by atoms with van der Waals surface area (Å²) in [6.45, 7) is 0.327. The maximum atomic E-state index is 6.19. The molecule has 0 bridgehead atoms. The van der Waals surface area contributed by atoms with E-state index < -0.39 is 0 Å². The monoisotopic (exact) mass is 432 g/mol. The van der Waals surface area contributed by atoms with E-state index in [1.165, 1.54) is 42.4 Å². The van der Waals surface area contributed by atoms with Crippen LogP contribution in [0.3, 0.4) is 0 Å². The Morgan fingerprint density at radius 1 is 0.909 bits per heavy atom. The Morgan fingerprint density at radius 3 is 2.67 bits per heavy atom. The molecule has 0 saturated heterocycles. The van der Waals surface area contributed by atoms with Crippen LogP contribution in [0.15, 0.2) is 73.1 Å². The van der Waals surface area contributed by atoms with Crippen LogP contribution < -0.4 is 4.74 Å². The van der Waals surface area contributed by atoms with E-state index in [2.05, 4.69) is 42.5 Å². The van der Waals surface area contributed by atoms with Crippen LogP contribution in [0.2, 0.25) is 0 Å². The zero-order valence-corrected chi connectivity index (χ0v) is 18.4. The second-order valence-electron chi connectivity index (χ2n) is 9.35. The normalized spacial score (nSPS) is 16.2. The highest BCUT2D eigenvalue weighted by Gasteiger charge is 2.43. The molecular formula is C28H24N4O. The molecule has 2 heterocycles. The molecule has 0 atom stereocenters. The zero-order chi connectivity index (χ0) is 21.8. The molecule has 5 heteroatoms. The summed E-state index contributed by atoms with van der Waals surface area (Å²) < 4.78 is 8.05. The Kier molecular flexibility index (Phi) is 4.07. The summed E-state index contributed by atoms with van der Waals surface area (Å²) in [5, 5.41) is 7.01. The fourth-order valence-electron chi connectivity index (χ4n) is 5.96. The average Bonchev–Trinajstić information content (AvgIpc) is 3.49. The SMILES string of the molecule is c1ccc2c(c1)CC1(CCCC1)c1c-2ncn2nc(COc3cccc4ccccc34)nc12. The molecule has 2 aromatic heterocycles. The number of nitrogens with zero attached hydrogens (tertiary/aromatic N) is 4. The molecule has 1 saturated carbocycles. The first kappa shape index (κ1) is 18.8. The first-order chi connectivity index (χ1) is 16.3. The van der Waals surface area contributed by atoms with Crippen LogP contribution >= 0.6 is 0 Å². The van der Waals surface area contributed by atoms with E-state index in [0.29, 0.717) is 12.4 Å². The second-order valence-corrected chi connectivity index (χ2v) is 9.35. The molecule has 0 aliphatic heterocycles. The van der Waals surface area contributed by atoms with Crippen molar-refractivity contribution in [2.24, 2.45) is 0 Å². The van der Waals surface area contributed by atoms with Gasteiger partial charge in [-0.2, -0.15) is 0 Å². The van der Waals surface area contributed by atoms with Crippen LogP contribution in [0, 0.1) is 0 Å². The molecule has 1 fully saturated rings. The second kappa shape index (κ2) is 7.14. The molecule has 2 aliphatic rings. The van der Waals surface area contributed by atoms with Gasteiger partial charge in [0.05, 0.1) is 5.69 Å². The minimum atomic E-state index is 0.111. The van der Waals surface area contributed by atoms with Crippen molar-refractivity contribution < 1.29 is 4.74 Å². The lowest BCUT2D eigenvalue weighted by Gasteiger charge is -2.36. The maximum Gasteiger partial charge on any atom is 0.189 e. The van der Waals surface area contributed by atoms with Crippen molar-refractivity contribution in [1.29, 1.82) is 0 Å².